The molecule has 0 aromatic heterocycles. The molecule has 0 saturated heterocycles. The summed E-state index contributed by atoms with van der Waals surface area (Å²) in [7, 11) is 0. The summed E-state index contributed by atoms with van der Waals surface area (Å²) in [5.74, 6) is 0.674. The highest BCUT2D eigenvalue weighted by atomic mass is 32.2. The van der Waals surface area contributed by atoms with Crippen LogP contribution in [0.25, 0.3) is 0 Å². The molecule has 0 bridgehead atoms. The number of benzene rings is 1. The van der Waals surface area contributed by atoms with Gasteiger partial charge in [0, 0.05) is 10.6 Å². The zero-order chi connectivity index (χ0) is 15.5. The Bertz CT molecular complexity index is 482. The van der Waals surface area contributed by atoms with Gasteiger partial charge < -0.3 is 10.4 Å². The number of carboxylic acids is 1. The summed E-state index contributed by atoms with van der Waals surface area (Å²) in [6.07, 6.45) is 2.04. The highest BCUT2D eigenvalue weighted by Gasteiger charge is 2.50. The second-order valence-corrected chi connectivity index (χ2v) is 7.14. The molecule has 0 heterocycles. The van der Waals surface area contributed by atoms with Crippen molar-refractivity contribution in [2.45, 2.75) is 50.0 Å². The summed E-state index contributed by atoms with van der Waals surface area (Å²) < 4.78 is 0. The lowest BCUT2D eigenvalue weighted by Gasteiger charge is -2.30. The first kappa shape index (κ1) is 16.4. The maximum atomic E-state index is 11.8. The van der Waals surface area contributed by atoms with Crippen LogP contribution in [0.5, 0.6) is 0 Å². The van der Waals surface area contributed by atoms with E-state index in [1.807, 2.05) is 6.92 Å². The Balaban J connectivity index is 2.06. The average Bonchev–Trinajstić information content (AvgIpc) is 3.28. The predicted octanol–water partition coefficient (Wildman–Crippen LogP) is 3.75. The number of hydrogen-bond donors (Lipinski definition) is 2. The van der Waals surface area contributed by atoms with E-state index in [4.69, 9.17) is 0 Å². The molecular weight excluding hydrogens is 282 g/mol. The third-order valence-corrected chi connectivity index (χ3v) is 5.37. The minimum atomic E-state index is -0.768. The van der Waals surface area contributed by atoms with E-state index < -0.39 is 11.5 Å². The van der Waals surface area contributed by atoms with E-state index >= 15 is 0 Å². The molecule has 2 N–H and O–H groups in total. The molecule has 0 radical (unpaired) electrons. The quantitative estimate of drug-likeness (QED) is 0.718. The van der Waals surface area contributed by atoms with Gasteiger partial charge in [-0.1, -0.05) is 32.9 Å². The molecule has 1 fully saturated rings. The Morgan fingerprint density at radius 1 is 1.38 bits per heavy atom. The van der Waals surface area contributed by atoms with Crippen LogP contribution < -0.4 is 5.32 Å². The minimum Gasteiger partial charge on any atom is -0.480 e. The second-order valence-electron chi connectivity index (χ2n) is 6.09. The minimum absolute atomic E-state index is 0.275. The van der Waals surface area contributed by atoms with Gasteiger partial charge in [0.25, 0.3) is 0 Å². The SMILES string of the molecule is CCNC(CSc1ccc(C(C)C)cc1)(C(=O)O)C1CC1. The van der Waals surface area contributed by atoms with Crippen molar-refractivity contribution in [2.75, 3.05) is 12.3 Å². The third-order valence-electron chi connectivity index (χ3n) is 4.16. The van der Waals surface area contributed by atoms with Crippen LogP contribution in [0.15, 0.2) is 29.2 Å². The highest BCUT2D eigenvalue weighted by Crippen LogP contribution is 2.42. The molecule has 1 saturated carbocycles. The molecule has 1 atom stereocenters. The van der Waals surface area contributed by atoms with E-state index in [1.165, 1.54) is 5.56 Å². The monoisotopic (exact) mass is 307 g/mol. The van der Waals surface area contributed by atoms with Gasteiger partial charge in [0.1, 0.15) is 5.54 Å². The number of thioether (sulfide) groups is 1. The van der Waals surface area contributed by atoms with Gasteiger partial charge in [0.05, 0.1) is 0 Å². The van der Waals surface area contributed by atoms with Crippen molar-refractivity contribution in [1.29, 1.82) is 0 Å². The molecule has 4 heteroatoms. The number of carbonyl (C=O) groups is 1. The molecule has 0 aliphatic heterocycles. The number of rotatable bonds is 8. The number of likely N-dealkylation sites (N-methyl/N-ethyl adjacent to an activating group) is 1. The lowest BCUT2D eigenvalue weighted by atomic mass is 9.96. The summed E-state index contributed by atoms with van der Waals surface area (Å²) in [5.41, 5.74) is 0.550. The fraction of sp³-hybridized carbons (Fsp3) is 0.588. The molecule has 1 aliphatic carbocycles. The fourth-order valence-corrected chi connectivity index (χ4v) is 3.85. The van der Waals surface area contributed by atoms with Crippen LogP contribution in [0.1, 0.15) is 45.1 Å². The van der Waals surface area contributed by atoms with Crippen LogP contribution in [0, 0.1) is 5.92 Å². The predicted molar refractivity (Wildman–Crippen MR) is 88.0 cm³/mol. The molecule has 1 unspecified atom stereocenters. The van der Waals surface area contributed by atoms with E-state index in [1.54, 1.807) is 11.8 Å². The van der Waals surface area contributed by atoms with E-state index in [0.29, 0.717) is 18.2 Å². The summed E-state index contributed by atoms with van der Waals surface area (Å²) >= 11 is 1.64. The molecule has 2 rings (SSSR count). The number of nitrogens with one attached hydrogen (secondary N) is 1. The van der Waals surface area contributed by atoms with Gasteiger partial charge in [0.15, 0.2) is 0 Å². The Morgan fingerprint density at radius 3 is 2.43 bits per heavy atom. The van der Waals surface area contributed by atoms with E-state index in [-0.39, 0.29) is 5.92 Å². The lowest BCUT2D eigenvalue weighted by molar-refractivity contribution is -0.144. The zero-order valence-corrected chi connectivity index (χ0v) is 13.9. The van der Waals surface area contributed by atoms with E-state index in [9.17, 15) is 9.90 Å². The standard InChI is InChI=1S/C17H25NO2S/c1-4-18-17(16(19)20,14-7-8-14)11-21-15-9-5-13(6-10-15)12(2)3/h5-6,9-10,12,14,18H,4,7-8,11H2,1-3H3,(H,19,20). The molecule has 1 aliphatic rings. The lowest BCUT2D eigenvalue weighted by Crippen LogP contribution is -2.56. The van der Waals surface area contributed by atoms with E-state index in [2.05, 4.69) is 43.4 Å². The summed E-state index contributed by atoms with van der Waals surface area (Å²) in [6.45, 7) is 7.02. The maximum Gasteiger partial charge on any atom is 0.325 e. The van der Waals surface area contributed by atoms with Gasteiger partial charge in [-0.05, 0) is 48.9 Å². The van der Waals surface area contributed by atoms with Gasteiger partial charge in [-0.2, -0.15) is 0 Å². The normalized spacial score (nSPS) is 17.7. The summed E-state index contributed by atoms with van der Waals surface area (Å²) in [5, 5.41) is 12.9. The van der Waals surface area contributed by atoms with Gasteiger partial charge in [0.2, 0.25) is 0 Å². The molecule has 1 aromatic carbocycles. The van der Waals surface area contributed by atoms with Crippen LogP contribution >= 0.6 is 11.8 Å². The molecule has 116 valence electrons. The number of hydrogen-bond acceptors (Lipinski definition) is 3. The Morgan fingerprint density at radius 2 is 2.00 bits per heavy atom. The molecule has 0 amide bonds. The smallest absolute Gasteiger partial charge is 0.325 e. The fourth-order valence-electron chi connectivity index (χ4n) is 2.66. The first-order valence-corrected chi connectivity index (χ1v) is 8.69. The first-order chi connectivity index (χ1) is 9.99. The topological polar surface area (TPSA) is 49.3 Å². The zero-order valence-electron chi connectivity index (χ0n) is 13.1. The number of carboxylic acid groups (broad SMARTS) is 1. The van der Waals surface area contributed by atoms with Gasteiger partial charge in [-0.25, -0.2) is 0 Å². The van der Waals surface area contributed by atoms with Crippen molar-refractivity contribution in [1.82, 2.24) is 5.32 Å². The molecule has 1 aromatic rings. The highest BCUT2D eigenvalue weighted by molar-refractivity contribution is 7.99. The van der Waals surface area contributed by atoms with E-state index in [0.717, 1.165) is 17.7 Å². The van der Waals surface area contributed by atoms with Gasteiger partial charge >= 0.3 is 5.97 Å². The Kier molecular flexibility index (Phi) is 5.33. The van der Waals surface area contributed by atoms with Crippen molar-refractivity contribution in [2.24, 2.45) is 5.92 Å². The van der Waals surface area contributed by atoms with Crippen LogP contribution in [0.2, 0.25) is 0 Å². The largest absolute Gasteiger partial charge is 0.480 e. The van der Waals surface area contributed by atoms with Crippen LogP contribution in [-0.4, -0.2) is 28.9 Å². The number of aliphatic carboxylic acids is 1. The average molecular weight is 307 g/mol. The maximum absolute atomic E-state index is 11.8. The molecular formula is C17H25NO2S. The summed E-state index contributed by atoms with van der Waals surface area (Å²) in [4.78, 5) is 12.9. The van der Waals surface area contributed by atoms with Crippen molar-refractivity contribution >= 4 is 17.7 Å². The second kappa shape index (κ2) is 6.84. The van der Waals surface area contributed by atoms with Gasteiger partial charge in [-0.3, -0.25) is 4.79 Å². The molecule has 21 heavy (non-hydrogen) atoms. The van der Waals surface area contributed by atoms with Crippen LogP contribution in [-0.2, 0) is 4.79 Å². The first-order valence-electron chi connectivity index (χ1n) is 7.70. The van der Waals surface area contributed by atoms with Crippen molar-refractivity contribution < 1.29 is 9.90 Å². The van der Waals surface area contributed by atoms with Crippen molar-refractivity contribution in [3.63, 3.8) is 0 Å². The Hall–Kier alpha value is -1.00. The van der Waals surface area contributed by atoms with Crippen LogP contribution in [0.3, 0.4) is 0 Å². The van der Waals surface area contributed by atoms with Crippen molar-refractivity contribution in [3.05, 3.63) is 29.8 Å². The summed E-state index contributed by atoms with van der Waals surface area (Å²) in [6, 6.07) is 8.48. The van der Waals surface area contributed by atoms with Crippen molar-refractivity contribution in [3.8, 4) is 0 Å². The van der Waals surface area contributed by atoms with Gasteiger partial charge in [-0.15, -0.1) is 11.8 Å². The molecule has 0 spiro atoms. The Labute approximate surface area is 131 Å². The molecule has 3 nitrogen and oxygen atoms in total. The van der Waals surface area contributed by atoms with Crippen LogP contribution in [0.4, 0.5) is 0 Å². The third kappa shape index (κ3) is 3.80.